The molecule has 2 heterocycles. The molecule has 0 amide bonds. The average Bonchev–Trinajstić information content (AvgIpc) is 2.99. The Morgan fingerprint density at radius 2 is 2.17 bits per heavy atom. The summed E-state index contributed by atoms with van der Waals surface area (Å²) < 4.78 is 5.52. The third-order valence-corrected chi connectivity index (χ3v) is 4.01. The quantitative estimate of drug-likeness (QED) is 0.891. The van der Waals surface area contributed by atoms with Gasteiger partial charge in [0.15, 0.2) is 0 Å². The standard InChI is InChI=1S/C14H21N3O/c1-4-15-12-9-8-18-6-5-11(9)16-13(17-12)10-7-14(10,2)3/h10H,4-8H2,1-3H3,(H,15,16,17). The highest BCUT2D eigenvalue weighted by atomic mass is 16.5. The summed E-state index contributed by atoms with van der Waals surface area (Å²) in [7, 11) is 0. The molecule has 0 radical (unpaired) electrons. The topological polar surface area (TPSA) is 47.0 Å². The third-order valence-electron chi connectivity index (χ3n) is 4.01. The fraction of sp³-hybridized carbons (Fsp3) is 0.714. The van der Waals surface area contributed by atoms with Gasteiger partial charge in [-0.15, -0.1) is 0 Å². The second kappa shape index (κ2) is 4.19. The molecule has 2 aliphatic rings. The van der Waals surface area contributed by atoms with Gasteiger partial charge in [-0.2, -0.15) is 0 Å². The zero-order valence-corrected chi connectivity index (χ0v) is 11.4. The van der Waals surface area contributed by atoms with Gasteiger partial charge in [0.05, 0.1) is 18.9 Å². The molecule has 18 heavy (non-hydrogen) atoms. The lowest BCUT2D eigenvalue weighted by Gasteiger charge is -2.20. The number of ether oxygens (including phenoxy) is 1. The lowest BCUT2D eigenvalue weighted by Crippen LogP contribution is -2.18. The van der Waals surface area contributed by atoms with Crippen LogP contribution in [0.3, 0.4) is 0 Å². The van der Waals surface area contributed by atoms with Crippen LogP contribution in [0.2, 0.25) is 0 Å². The van der Waals surface area contributed by atoms with Gasteiger partial charge in [0.25, 0.3) is 0 Å². The van der Waals surface area contributed by atoms with E-state index in [-0.39, 0.29) is 0 Å². The van der Waals surface area contributed by atoms with E-state index in [4.69, 9.17) is 14.7 Å². The van der Waals surface area contributed by atoms with E-state index in [0.717, 1.165) is 36.8 Å². The van der Waals surface area contributed by atoms with Gasteiger partial charge in [0.2, 0.25) is 0 Å². The van der Waals surface area contributed by atoms with E-state index in [2.05, 4.69) is 26.1 Å². The van der Waals surface area contributed by atoms with Gasteiger partial charge in [-0.05, 0) is 18.8 Å². The van der Waals surface area contributed by atoms with Crippen LogP contribution in [0.15, 0.2) is 0 Å². The SMILES string of the molecule is CCNc1nc(C2CC2(C)C)nc2c1COCC2. The molecule has 1 aliphatic heterocycles. The Kier molecular flexibility index (Phi) is 2.77. The first-order valence-corrected chi connectivity index (χ1v) is 6.83. The summed E-state index contributed by atoms with van der Waals surface area (Å²) in [6.45, 7) is 8.98. The van der Waals surface area contributed by atoms with E-state index < -0.39 is 0 Å². The zero-order valence-electron chi connectivity index (χ0n) is 11.4. The van der Waals surface area contributed by atoms with Gasteiger partial charge in [-0.3, -0.25) is 0 Å². The minimum Gasteiger partial charge on any atom is -0.376 e. The predicted octanol–water partition coefficient (Wildman–Crippen LogP) is 2.49. The number of hydrogen-bond donors (Lipinski definition) is 1. The van der Waals surface area contributed by atoms with Crippen molar-refractivity contribution in [2.24, 2.45) is 5.41 Å². The van der Waals surface area contributed by atoms with Crippen molar-refractivity contribution < 1.29 is 4.74 Å². The highest BCUT2D eigenvalue weighted by Crippen LogP contribution is 2.57. The van der Waals surface area contributed by atoms with Crippen molar-refractivity contribution >= 4 is 5.82 Å². The fourth-order valence-corrected chi connectivity index (χ4v) is 2.63. The van der Waals surface area contributed by atoms with Crippen LogP contribution in [0.4, 0.5) is 5.82 Å². The smallest absolute Gasteiger partial charge is 0.135 e. The van der Waals surface area contributed by atoms with E-state index in [9.17, 15) is 0 Å². The predicted molar refractivity (Wildman–Crippen MR) is 70.7 cm³/mol. The monoisotopic (exact) mass is 247 g/mol. The van der Waals surface area contributed by atoms with Crippen LogP contribution < -0.4 is 5.32 Å². The maximum Gasteiger partial charge on any atom is 0.135 e. The summed E-state index contributed by atoms with van der Waals surface area (Å²) in [5.41, 5.74) is 2.72. The molecule has 0 aromatic carbocycles. The largest absolute Gasteiger partial charge is 0.376 e. The number of hydrogen-bond acceptors (Lipinski definition) is 4. The second-order valence-corrected chi connectivity index (χ2v) is 5.93. The summed E-state index contributed by atoms with van der Waals surface area (Å²) in [6, 6.07) is 0. The average molecular weight is 247 g/mol. The third kappa shape index (κ3) is 1.99. The van der Waals surface area contributed by atoms with E-state index in [0.29, 0.717) is 17.9 Å². The van der Waals surface area contributed by atoms with E-state index in [1.807, 2.05) is 0 Å². The van der Waals surface area contributed by atoms with Crippen LogP contribution in [0.1, 0.15) is 50.2 Å². The number of nitrogens with one attached hydrogen (secondary N) is 1. The lowest BCUT2D eigenvalue weighted by molar-refractivity contribution is 0.109. The van der Waals surface area contributed by atoms with Crippen molar-refractivity contribution in [3.8, 4) is 0 Å². The molecule has 1 saturated carbocycles. The van der Waals surface area contributed by atoms with E-state index in [1.165, 1.54) is 12.1 Å². The molecule has 4 nitrogen and oxygen atoms in total. The Bertz CT molecular complexity index is 470. The Morgan fingerprint density at radius 3 is 2.83 bits per heavy atom. The van der Waals surface area contributed by atoms with Crippen LogP contribution in [0.25, 0.3) is 0 Å². The molecule has 3 rings (SSSR count). The molecule has 1 aromatic heterocycles. The molecule has 1 aliphatic carbocycles. The van der Waals surface area contributed by atoms with Crippen LogP contribution in [0.5, 0.6) is 0 Å². The number of fused-ring (bicyclic) bond motifs is 1. The number of rotatable bonds is 3. The molecule has 4 heteroatoms. The number of nitrogens with zero attached hydrogens (tertiary/aromatic N) is 2. The summed E-state index contributed by atoms with van der Waals surface area (Å²) in [5, 5.41) is 3.35. The van der Waals surface area contributed by atoms with Crippen molar-refractivity contribution in [1.82, 2.24) is 9.97 Å². The first-order chi connectivity index (χ1) is 8.62. The minimum absolute atomic E-state index is 0.378. The molecular formula is C14H21N3O. The molecule has 1 atom stereocenters. The van der Waals surface area contributed by atoms with E-state index in [1.54, 1.807) is 0 Å². The van der Waals surface area contributed by atoms with Crippen molar-refractivity contribution in [2.45, 2.75) is 46.1 Å². The molecule has 0 spiro atoms. The molecule has 1 unspecified atom stereocenters. The Balaban J connectivity index is 1.99. The normalized spacial score (nSPS) is 24.5. The van der Waals surface area contributed by atoms with Crippen LogP contribution in [0, 0.1) is 5.41 Å². The fourth-order valence-electron chi connectivity index (χ4n) is 2.63. The Labute approximate surface area is 108 Å². The number of anilines is 1. The zero-order chi connectivity index (χ0) is 12.8. The maximum absolute atomic E-state index is 5.52. The van der Waals surface area contributed by atoms with Crippen molar-refractivity contribution in [3.63, 3.8) is 0 Å². The van der Waals surface area contributed by atoms with Gasteiger partial charge in [0, 0.05) is 24.4 Å². The van der Waals surface area contributed by atoms with Crippen molar-refractivity contribution in [3.05, 3.63) is 17.1 Å². The molecule has 98 valence electrons. The molecule has 0 bridgehead atoms. The molecule has 1 N–H and O–H groups in total. The first-order valence-electron chi connectivity index (χ1n) is 6.83. The summed E-state index contributed by atoms with van der Waals surface area (Å²) in [6.07, 6.45) is 2.12. The second-order valence-electron chi connectivity index (χ2n) is 5.93. The van der Waals surface area contributed by atoms with Gasteiger partial charge in [-0.25, -0.2) is 9.97 Å². The van der Waals surface area contributed by atoms with Crippen molar-refractivity contribution in [2.75, 3.05) is 18.5 Å². The minimum atomic E-state index is 0.378. The lowest BCUT2D eigenvalue weighted by atomic mass is 10.1. The molecule has 0 saturated heterocycles. The van der Waals surface area contributed by atoms with Crippen molar-refractivity contribution in [1.29, 1.82) is 0 Å². The van der Waals surface area contributed by atoms with Gasteiger partial charge in [-0.1, -0.05) is 13.8 Å². The van der Waals surface area contributed by atoms with Crippen LogP contribution in [-0.4, -0.2) is 23.1 Å². The van der Waals surface area contributed by atoms with Gasteiger partial charge < -0.3 is 10.1 Å². The summed E-state index contributed by atoms with van der Waals surface area (Å²) in [5.74, 6) is 2.54. The summed E-state index contributed by atoms with van der Waals surface area (Å²) in [4.78, 5) is 9.51. The van der Waals surface area contributed by atoms with Gasteiger partial charge in [0.1, 0.15) is 11.6 Å². The highest BCUT2D eigenvalue weighted by Gasteiger charge is 2.49. The molecule has 1 fully saturated rings. The number of aromatic nitrogens is 2. The Morgan fingerprint density at radius 1 is 1.39 bits per heavy atom. The molecular weight excluding hydrogens is 226 g/mol. The van der Waals surface area contributed by atoms with Crippen LogP contribution >= 0.6 is 0 Å². The highest BCUT2D eigenvalue weighted by molar-refractivity contribution is 5.48. The maximum atomic E-state index is 5.52. The summed E-state index contributed by atoms with van der Waals surface area (Å²) >= 11 is 0. The van der Waals surface area contributed by atoms with Gasteiger partial charge >= 0.3 is 0 Å². The van der Waals surface area contributed by atoms with E-state index >= 15 is 0 Å². The van der Waals surface area contributed by atoms with Crippen LogP contribution in [-0.2, 0) is 17.8 Å². The molecule has 1 aromatic rings. The first kappa shape index (κ1) is 11.9. The Hall–Kier alpha value is -1.16.